The molecule has 0 amide bonds. The third-order valence-corrected chi connectivity index (χ3v) is 7.62. The normalized spacial score (nSPS) is 17.0. The summed E-state index contributed by atoms with van der Waals surface area (Å²) >= 11 is 0. The van der Waals surface area contributed by atoms with Crippen molar-refractivity contribution in [2.24, 2.45) is 0 Å². The second-order valence-electron chi connectivity index (χ2n) is 10.1. The van der Waals surface area contributed by atoms with Crippen molar-refractivity contribution in [2.75, 3.05) is 0 Å². The van der Waals surface area contributed by atoms with Crippen molar-refractivity contribution in [3.8, 4) is 11.5 Å². The molecule has 0 bridgehead atoms. The highest BCUT2D eigenvalue weighted by Crippen LogP contribution is 2.45. The number of hydrogen-bond donors (Lipinski definition) is 1. The van der Waals surface area contributed by atoms with E-state index in [1.54, 1.807) is 24.3 Å². The topological polar surface area (TPSA) is 59.7 Å². The van der Waals surface area contributed by atoms with Gasteiger partial charge in [-0.1, -0.05) is 60.7 Å². The van der Waals surface area contributed by atoms with Gasteiger partial charge in [-0.15, -0.1) is 0 Å². The summed E-state index contributed by atoms with van der Waals surface area (Å²) in [4.78, 5) is 13.1. The first kappa shape index (κ1) is 25.7. The average Bonchev–Trinajstić information content (AvgIpc) is 2.96. The zero-order valence-corrected chi connectivity index (χ0v) is 21.3. The van der Waals surface area contributed by atoms with Crippen molar-refractivity contribution in [1.82, 2.24) is 0 Å². The van der Waals surface area contributed by atoms with Gasteiger partial charge in [0.25, 0.3) is 0 Å². The Morgan fingerprint density at radius 1 is 0.875 bits per heavy atom. The summed E-state index contributed by atoms with van der Waals surface area (Å²) in [6.45, 7) is 0.146. The van der Waals surface area contributed by atoms with Gasteiger partial charge in [0.1, 0.15) is 23.7 Å². The summed E-state index contributed by atoms with van der Waals surface area (Å²) in [5.74, 6) is 0.295. The molecule has 0 unspecified atom stereocenters. The summed E-state index contributed by atoms with van der Waals surface area (Å²) in [5.41, 5.74) is 3.20. The van der Waals surface area contributed by atoms with Gasteiger partial charge in [-0.25, -0.2) is 4.79 Å². The number of ether oxygens (including phenoxy) is 1. The van der Waals surface area contributed by atoms with Crippen molar-refractivity contribution in [1.29, 1.82) is 0 Å². The maximum atomic E-state index is 13.1. The van der Waals surface area contributed by atoms with Gasteiger partial charge in [0.05, 0.1) is 16.5 Å². The van der Waals surface area contributed by atoms with Gasteiger partial charge in [-0.3, -0.25) is 0 Å². The summed E-state index contributed by atoms with van der Waals surface area (Å²) in [6, 6.07) is 27.5. The summed E-state index contributed by atoms with van der Waals surface area (Å²) < 4.78 is 49.8. The zero-order chi connectivity index (χ0) is 27.9. The second-order valence-corrected chi connectivity index (χ2v) is 10.1. The predicted octanol–water partition coefficient (Wildman–Crippen LogP) is 7.96. The van der Waals surface area contributed by atoms with Crippen LogP contribution in [0.4, 0.5) is 13.2 Å². The third-order valence-electron chi connectivity index (χ3n) is 7.62. The van der Waals surface area contributed by atoms with Crippen LogP contribution in [0.1, 0.15) is 51.6 Å². The molecule has 0 aliphatic heterocycles. The van der Waals surface area contributed by atoms with Crippen LogP contribution in [0.25, 0.3) is 11.0 Å². The number of para-hydroxylation sites is 1. The van der Waals surface area contributed by atoms with Crippen LogP contribution >= 0.6 is 0 Å². The van der Waals surface area contributed by atoms with Crippen LogP contribution in [0.3, 0.4) is 0 Å². The van der Waals surface area contributed by atoms with Crippen molar-refractivity contribution >= 4 is 11.0 Å². The molecule has 2 atom stereocenters. The van der Waals surface area contributed by atoms with E-state index in [4.69, 9.17) is 9.15 Å². The summed E-state index contributed by atoms with van der Waals surface area (Å²) in [6.07, 6.45) is -2.98. The van der Waals surface area contributed by atoms with Crippen molar-refractivity contribution < 1.29 is 27.4 Å². The number of fused-ring (bicyclic) bond motifs is 2. The lowest BCUT2D eigenvalue weighted by molar-refractivity contribution is -0.137. The maximum Gasteiger partial charge on any atom is 0.416 e. The fourth-order valence-corrected chi connectivity index (χ4v) is 5.60. The lowest BCUT2D eigenvalue weighted by Gasteiger charge is -2.32. The molecule has 1 aliphatic carbocycles. The fourth-order valence-electron chi connectivity index (χ4n) is 5.60. The van der Waals surface area contributed by atoms with Crippen LogP contribution in [0, 0.1) is 0 Å². The van der Waals surface area contributed by atoms with Gasteiger partial charge in [-0.05, 0) is 77.4 Å². The largest absolute Gasteiger partial charge is 0.507 e. The molecular weight excluding hydrogens is 517 g/mol. The molecule has 0 saturated carbocycles. The molecule has 4 aromatic carbocycles. The molecule has 0 radical (unpaired) electrons. The lowest BCUT2D eigenvalue weighted by atomic mass is 9.72. The molecule has 1 heterocycles. The van der Waals surface area contributed by atoms with Gasteiger partial charge in [0, 0.05) is 5.92 Å². The van der Waals surface area contributed by atoms with Gasteiger partial charge in [-0.2, -0.15) is 13.2 Å². The highest BCUT2D eigenvalue weighted by atomic mass is 19.4. The Balaban J connectivity index is 1.24. The molecule has 40 heavy (non-hydrogen) atoms. The van der Waals surface area contributed by atoms with Crippen LogP contribution in [-0.2, 0) is 19.2 Å². The molecule has 1 N–H and O–H groups in total. The SMILES string of the molecule is O=c1oc2ccccc2c(O)c1[C@@H]1C[C@@H](c2ccc(OCc3ccc(C(F)(F)F)cc3)cc2)Cc2ccccc21. The van der Waals surface area contributed by atoms with Crippen LogP contribution < -0.4 is 10.4 Å². The van der Waals surface area contributed by atoms with E-state index in [2.05, 4.69) is 6.07 Å². The van der Waals surface area contributed by atoms with E-state index in [0.717, 1.165) is 35.2 Å². The van der Waals surface area contributed by atoms with Gasteiger partial charge >= 0.3 is 11.8 Å². The molecule has 7 heteroatoms. The second kappa shape index (κ2) is 10.2. The molecule has 4 nitrogen and oxygen atoms in total. The Labute approximate surface area is 228 Å². The standard InChI is InChI=1S/C33H25F3O4/c34-33(35,36)24-13-9-20(10-14-24)19-39-25-15-11-21(12-16-25)23-17-22-5-1-2-6-26(22)28(18-23)30-31(37)27-7-3-4-8-29(27)40-32(30)38/h1-16,23,28,37H,17-19H2/t23-,28+/m0/s1. The van der Waals surface area contributed by atoms with Gasteiger partial charge in [0.2, 0.25) is 0 Å². The fraction of sp³-hybridized carbons (Fsp3) is 0.182. The quantitative estimate of drug-likeness (QED) is 0.229. The minimum Gasteiger partial charge on any atom is -0.507 e. The molecule has 0 fully saturated rings. The highest BCUT2D eigenvalue weighted by Gasteiger charge is 2.33. The molecule has 0 saturated heterocycles. The Hall–Kier alpha value is -4.52. The van der Waals surface area contributed by atoms with E-state index >= 15 is 0 Å². The van der Waals surface area contributed by atoms with E-state index in [-0.39, 0.29) is 29.8 Å². The smallest absolute Gasteiger partial charge is 0.416 e. The molecule has 1 aromatic heterocycles. The van der Waals surface area contributed by atoms with Crippen molar-refractivity contribution in [3.05, 3.63) is 141 Å². The number of halogens is 3. The number of aromatic hydroxyl groups is 1. The van der Waals surface area contributed by atoms with Gasteiger partial charge in [0.15, 0.2) is 0 Å². The van der Waals surface area contributed by atoms with Gasteiger partial charge < -0.3 is 14.3 Å². The third kappa shape index (κ3) is 4.95. The maximum absolute atomic E-state index is 13.1. The molecule has 0 spiro atoms. The highest BCUT2D eigenvalue weighted by molar-refractivity contribution is 5.84. The van der Waals surface area contributed by atoms with E-state index in [1.807, 2.05) is 42.5 Å². The first-order valence-electron chi connectivity index (χ1n) is 13.0. The summed E-state index contributed by atoms with van der Waals surface area (Å²) in [5, 5.41) is 11.7. The Kier molecular flexibility index (Phi) is 6.58. The van der Waals surface area contributed by atoms with Crippen LogP contribution in [0.15, 0.2) is 106 Å². The van der Waals surface area contributed by atoms with Crippen LogP contribution in [0.5, 0.6) is 11.5 Å². The number of rotatable bonds is 5. The Morgan fingerprint density at radius 3 is 2.33 bits per heavy atom. The zero-order valence-electron chi connectivity index (χ0n) is 21.3. The molecule has 6 rings (SSSR count). The number of benzene rings is 4. The molecule has 1 aliphatic rings. The number of hydrogen-bond acceptors (Lipinski definition) is 4. The van der Waals surface area contributed by atoms with E-state index in [1.165, 1.54) is 12.1 Å². The molecule has 5 aromatic rings. The predicted molar refractivity (Wildman–Crippen MR) is 146 cm³/mol. The van der Waals surface area contributed by atoms with E-state index < -0.39 is 17.4 Å². The van der Waals surface area contributed by atoms with E-state index in [0.29, 0.717) is 28.7 Å². The monoisotopic (exact) mass is 542 g/mol. The minimum atomic E-state index is -4.37. The molecular formula is C33H25F3O4. The first-order valence-corrected chi connectivity index (χ1v) is 13.0. The van der Waals surface area contributed by atoms with Crippen molar-refractivity contribution in [2.45, 2.75) is 37.5 Å². The van der Waals surface area contributed by atoms with Crippen molar-refractivity contribution in [3.63, 3.8) is 0 Å². The Morgan fingerprint density at radius 2 is 1.57 bits per heavy atom. The first-order chi connectivity index (χ1) is 19.3. The molecule has 202 valence electrons. The number of alkyl halides is 3. The van der Waals surface area contributed by atoms with Crippen LogP contribution in [-0.4, -0.2) is 5.11 Å². The minimum absolute atomic E-state index is 0.0423. The average molecular weight is 543 g/mol. The van der Waals surface area contributed by atoms with Crippen LogP contribution in [0.2, 0.25) is 0 Å². The van der Waals surface area contributed by atoms with E-state index in [9.17, 15) is 23.1 Å². The Bertz CT molecular complexity index is 1720. The lowest BCUT2D eigenvalue weighted by Crippen LogP contribution is -2.23. The summed E-state index contributed by atoms with van der Waals surface area (Å²) in [7, 11) is 0.